The normalized spacial score (nSPS) is 19.2. The predicted molar refractivity (Wildman–Crippen MR) is 116 cm³/mol. The molecule has 0 saturated carbocycles. The highest BCUT2D eigenvalue weighted by Crippen LogP contribution is 2.40. The van der Waals surface area contributed by atoms with Gasteiger partial charge in [-0.05, 0) is 56.0 Å². The van der Waals surface area contributed by atoms with Crippen molar-refractivity contribution in [3.05, 3.63) is 70.4 Å². The monoisotopic (exact) mass is 406 g/mol. The molecule has 1 N–H and O–H groups in total. The van der Waals surface area contributed by atoms with E-state index in [4.69, 9.17) is 16.6 Å². The minimum atomic E-state index is -0.272. The van der Waals surface area contributed by atoms with Crippen LogP contribution in [-0.4, -0.2) is 33.4 Å². The van der Waals surface area contributed by atoms with Crippen molar-refractivity contribution in [2.45, 2.75) is 32.2 Å². The van der Waals surface area contributed by atoms with Gasteiger partial charge in [-0.2, -0.15) is 0 Å². The van der Waals surface area contributed by atoms with Crippen molar-refractivity contribution in [2.75, 3.05) is 18.4 Å². The van der Waals surface area contributed by atoms with E-state index in [-0.39, 0.29) is 11.9 Å². The van der Waals surface area contributed by atoms with Crippen LogP contribution in [0.3, 0.4) is 0 Å². The van der Waals surface area contributed by atoms with Crippen LogP contribution < -0.4 is 5.32 Å². The molecule has 5 rings (SSSR count). The van der Waals surface area contributed by atoms with Gasteiger partial charge in [0.25, 0.3) is 5.91 Å². The lowest BCUT2D eigenvalue weighted by molar-refractivity contribution is -0.128. The van der Waals surface area contributed by atoms with Gasteiger partial charge in [-0.1, -0.05) is 35.9 Å². The number of halogens is 1. The molecule has 0 bridgehead atoms. The molecule has 3 heterocycles. The Kier molecular flexibility index (Phi) is 4.55. The van der Waals surface area contributed by atoms with Crippen molar-refractivity contribution in [1.82, 2.24) is 14.5 Å². The number of hydrogen-bond donors (Lipinski definition) is 1. The first kappa shape index (κ1) is 18.3. The average Bonchev–Trinajstić information content (AvgIpc) is 3.10. The Labute approximate surface area is 175 Å². The number of piperidine rings is 1. The summed E-state index contributed by atoms with van der Waals surface area (Å²) < 4.78 is 2.13. The molecule has 5 nitrogen and oxygen atoms in total. The fourth-order valence-electron chi connectivity index (χ4n) is 4.50. The second kappa shape index (κ2) is 7.23. The lowest BCUT2D eigenvalue weighted by atomic mass is 9.93. The third-order valence-electron chi connectivity index (χ3n) is 5.87. The van der Waals surface area contributed by atoms with E-state index in [0.29, 0.717) is 5.02 Å². The van der Waals surface area contributed by atoms with Gasteiger partial charge >= 0.3 is 0 Å². The molecular formula is C23H23ClN4O. The number of fused-ring (bicyclic) bond motifs is 3. The van der Waals surface area contributed by atoms with Gasteiger partial charge in [0.1, 0.15) is 0 Å². The molecule has 2 aliphatic rings. The van der Waals surface area contributed by atoms with Crippen molar-refractivity contribution in [2.24, 2.45) is 0 Å². The molecule has 6 heteroatoms. The first-order valence-electron chi connectivity index (χ1n) is 10.1. The highest BCUT2D eigenvalue weighted by Gasteiger charge is 2.36. The minimum Gasteiger partial charge on any atom is -0.339 e. The number of rotatable bonds is 2. The van der Waals surface area contributed by atoms with Crippen molar-refractivity contribution < 1.29 is 4.79 Å². The summed E-state index contributed by atoms with van der Waals surface area (Å²) in [5.74, 6) is 0.854. The molecule has 0 radical (unpaired) electrons. The summed E-state index contributed by atoms with van der Waals surface area (Å²) in [5.41, 5.74) is 4.51. The van der Waals surface area contributed by atoms with Crippen molar-refractivity contribution in [1.29, 1.82) is 0 Å². The standard InChI is InChI=1S/C23H23ClN4O/c1-15-20(22(29)27-12-5-2-6-13-27)21(16-8-7-9-17(24)14-16)28-19-11-4-3-10-18(19)26-23(28)25-15/h3-4,7-11,14,21H,2,5-6,12-13H2,1H3,(H,25,26)/t21-/m0/s1. The van der Waals surface area contributed by atoms with Gasteiger partial charge in [-0.3, -0.25) is 9.36 Å². The molecule has 1 atom stereocenters. The number of carbonyl (C=O) groups excluding carboxylic acids is 1. The number of aromatic nitrogens is 2. The van der Waals surface area contributed by atoms with Crippen molar-refractivity contribution >= 4 is 34.5 Å². The molecular weight excluding hydrogens is 384 g/mol. The molecule has 2 aliphatic heterocycles. The third kappa shape index (κ3) is 3.10. The van der Waals surface area contributed by atoms with Gasteiger partial charge in [0.05, 0.1) is 22.6 Å². The molecule has 1 fully saturated rings. The van der Waals surface area contributed by atoms with Crippen LogP contribution in [0.4, 0.5) is 5.95 Å². The van der Waals surface area contributed by atoms with Crippen molar-refractivity contribution in [3.63, 3.8) is 0 Å². The Morgan fingerprint density at radius 2 is 1.90 bits per heavy atom. The summed E-state index contributed by atoms with van der Waals surface area (Å²) in [4.78, 5) is 20.4. The molecule has 1 aromatic heterocycles. The number of nitrogens with zero attached hydrogens (tertiary/aromatic N) is 3. The molecule has 0 aliphatic carbocycles. The van der Waals surface area contributed by atoms with E-state index in [1.807, 2.05) is 54.3 Å². The zero-order valence-corrected chi connectivity index (χ0v) is 17.1. The van der Waals surface area contributed by atoms with E-state index in [0.717, 1.165) is 59.7 Å². The van der Waals surface area contributed by atoms with Crippen LogP contribution in [0.25, 0.3) is 11.0 Å². The van der Waals surface area contributed by atoms with Crippen LogP contribution in [-0.2, 0) is 4.79 Å². The number of benzene rings is 2. The number of anilines is 1. The number of carbonyl (C=O) groups is 1. The van der Waals surface area contributed by atoms with Gasteiger partial charge in [0, 0.05) is 23.8 Å². The van der Waals surface area contributed by atoms with Crippen LogP contribution in [0.15, 0.2) is 59.8 Å². The molecule has 0 spiro atoms. The van der Waals surface area contributed by atoms with E-state index in [1.165, 1.54) is 6.42 Å². The number of amides is 1. The highest BCUT2D eigenvalue weighted by molar-refractivity contribution is 6.30. The maximum Gasteiger partial charge on any atom is 0.254 e. The molecule has 29 heavy (non-hydrogen) atoms. The van der Waals surface area contributed by atoms with E-state index in [2.05, 4.69) is 16.0 Å². The molecule has 3 aromatic rings. The van der Waals surface area contributed by atoms with E-state index in [1.54, 1.807) is 0 Å². The smallest absolute Gasteiger partial charge is 0.254 e. The maximum atomic E-state index is 13.7. The number of allylic oxidation sites excluding steroid dienone is 1. The fraction of sp³-hybridized carbons (Fsp3) is 0.304. The topological polar surface area (TPSA) is 50.2 Å². The summed E-state index contributed by atoms with van der Waals surface area (Å²) in [6.45, 7) is 3.60. The minimum absolute atomic E-state index is 0.100. The zero-order valence-electron chi connectivity index (χ0n) is 16.4. The Morgan fingerprint density at radius 3 is 2.69 bits per heavy atom. The third-order valence-corrected chi connectivity index (χ3v) is 6.10. The Hall–Kier alpha value is -2.79. The van der Waals surface area contributed by atoms with Crippen LogP contribution in [0.2, 0.25) is 5.02 Å². The summed E-state index contributed by atoms with van der Waals surface area (Å²) >= 11 is 6.34. The van der Waals surface area contributed by atoms with Gasteiger partial charge in [0.2, 0.25) is 5.95 Å². The van der Waals surface area contributed by atoms with E-state index < -0.39 is 0 Å². The Bertz CT molecular complexity index is 1130. The number of para-hydroxylation sites is 2. The van der Waals surface area contributed by atoms with Crippen LogP contribution in [0.1, 0.15) is 37.8 Å². The van der Waals surface area contributed by atoms with Crippen molar-refractivity contribution in [3.8, 4) is 0 Å². The summed E-state index contributed by atoms with van der Waals surface area (Å²) in [6, 6.07) is 15.6. The Morgan fingerprint density at radius 1 is 1.10 bits per heavy atom. The number of nitrogens with one attached hydrogen (secondary N) is 1. The maximum absolute atomic E-state index is 13.7. The molecule has 2 aromatic carbocycles. The summed E-state index contributed by atoms with van der Waals surface area (Å²) in [6.07, 6.45) is 3.31. The average molecular weight is 407 g/mol. The zero-order chi connectivity index (χ0) is 20.0. The predicted octanol–water partition coefficient (Wildman–Crippen LogP) is 4.99. The lowest BCUT2D eigenvalue weighted by Gasteiger charge is -2.35. The lowest BCUT2D eigenvalue weighted by Crippen LogP contribution is -2.40. The second-order valence-electron chi connectivity index (χ2n) is 7.77. The quantitative estimate of drug-likeness (QED) is 0.652. The second-order valence-corrected chi connectivity index (χ2v) is 8.20. The SMILES string of the molecule is CC1=C(C(=O)N2CCCCC2)[C@H](c2cccc(Cl)c2)n2c(nc3ccccc32)N1. The molecule has 1 amide bonds. The van der Waals surface area contributed by atoms with Gasteiger partial charge in [0.15, 0.2) is 0 Å². The molecule has 0 unspecified atom stereocenters. The van der Waals surface area contributed by atoms with Crippen LogP contribution in [0.5, 0.6) is 0 Å². The number of likely N-dealkylation sites (tertiary alicyclic amines) is 1. The van der Waals surface area contributed by atoms with Gasteiger partial charge in [-0.15, -0.1) is 0 Å². The first-order valence-corrected chi connectivity index (χ1v) is 10.5. The van der Waals surface area contributed by atoms with Gasteiger partial charge < -0.3 is 10.2 Å². The van der Waals surface area contributed by atoms with Gasteiger partial charge in [-0.25, -0.2) is 4.98 Å². The number of hydrogen-bond acceptors (Lipinski definition) is 3. The Balaban J connectivity index is 1.71. The van der Waals surface area contributed by atoms with Crippen LogP contribution in [0, 0.1) is 0 Å². The van der Waals surface area contributed by atoms with E-state index >= 15 is 0 Å². The summed E-state index contributed by atoms with van der Waals surface area (Å²) in [7, 11) is 0. The van der Waals surface area contributed by atoms with E-state index in [9.17, 15) is 4.79 Å². The highest BCUT2D eigenvalue weighted by atomic mass is 35.5. The first-order chi connectivity index (χ1) is 14.1. The fourth-order valence-corrected chi connectivity index (χ4v) is 4.70. The molecule has 148 valence electrons. The molecule has 1 saturated heterocycles. The largest absolute Gasteiger partial charge is 0.339 e. The summed E-state index contributed by atoms with van der Waals surface area (Å²) in [5, 5.41) is 4.05. The number of imidazole rings is 1. The van der Waals surface area contributed by atoms with Crippen LogP contribution >= 0.6 is 11.6 Å².